The third-order valence-corrected chi connectivity index (χ3v) is 6.95. The number of anilines is 1. The Labute approximate surface area is 216 Å². The van der Waals surface area contributed by atoms with Crippen LogP contribution in [0.4, 0.5) is 5.69 Å². The number of methoxy groups -OCH3 is 1. The number of nitrogens with one attached hydrogen (secondary N) is 1. The highest BCUT2D eigenvalue weighted by atomic mass is 16.5. The predicted octanol–water partition coefficient (Wildman–Crippen LogP) is 4.73. The number of benzene rings is 3. The minimum absolute atomic E-state index is 0.0653. The number of piperazine rings is 1. The summed E-state index contributed by atoms with van der Waals surface area (Å²) in [6.07, 6.45) is -0.435. The zero-order valence-electron chi connectivity index (χ0n) is 21.4. The second-order valence-corrected chi connectivity index (χ2v) is 9.27. The molecule has 0 bridgehead atoms. The summed E-state index contributed by atoms with van der Waals surface area (Å²) in [5.41, 5.74) is 3.67. The Morgan fingerprint density at radius 1 is 0.946 bits per heavy atom. The van der Waals surface area contributed by atoms with Gasteiger partial charge in [-0.25, -0.2) is 0 Å². The van der Waals surface area contributed by atoms with Gasteiger partial charge in [-0.3, -0.25) is 14.5 Å². The second kappa shape index (κ2) is 10.5. The first-order valence-electron chi connectivity index (χ1n) is 12.5. The molecule has 1 N–H and O–H groups in total. The molecule has 2 heterocycles. The van der Waals surface area contributed by atoms with E-state index in [1.54, 1.807) is 20.1 Å². The van der Waals surface area contributed by atoms with Crippen LogP contribution in [-0.4, -0.2) is 44.1 Å². The van der Waals surface area contributed by atoms with Crippen LogP contribution in [0.2, 0.25) is 0 Å². The number of ether oxygens (including phenoxy) is 1. The van der Waals surface area contributed by atoms with Gasteiger partial charge in [0.2, 0.25) is 5.91 Å². The summed E-state index contributed by atoms with van der Waals surface area (Å²) in [4.78, 5) is 30.2. The van der Waals surface area contributed by atoms with Gasteiger partial charge in [0.1, 0.15) is 23.3 Å². The first-order valence-corrected chi connectivity index (χ1v) is 12.5. The van der Waals surface area contributed by atoms with Crippen LogP contribution in [0.1, 0.15) is 24.2 Å². The average molecular weight is 498 g/mol. The molecule has 190 valence electrons. The number of hydrogen-bond donors (Lipinski definition) is 1. The third kappa shape index (κ3) is 4.82. The Kier molecular flexibility index (Phi) is 6.97. The van der Waals surface area contributed by atoms with Crippen molar-refractivity contribution in [2.45, 2.75) is 20.0 Å². The monoisotopic (exact) mass is 497 g/mol. The Morgan fingerprint density at radius 2 is 1.65 bits per heavy atom. The van der Waals surface area contributed by atoms with Crippen LogP contribution in [0.5, 0.6) is 5.75 Å². The van der Waals surface area contributed by atoms with E-state index >= 15 is 0 Å². The lowest BCUT2D eigenvalue weighted by Crippen LogP contribution is -2.51. The molecule has 0 spiro atoms. The molecular formula is C30H31N3O4. The van der Waals surface area contributed by atoms with Crippen molar-refractivity contribution >= 4 is 22.6 Å². The van der Waals surface area contributed by atoms with Crippen molar-refractivity contribution in [3.63, 3.8) is 0 Å². The molecular weight excluding hydrogens is 466 g/mol. The lowest BCUT2D eigenvalue weighted by Gasteiger charge is -2.40. The third-order valence-electron chi connectivity index (χ3n) is 6.95. The molecule has 1 saturated heterocycles. The highest BCUT2D eigenvalue weighted by molar-refractivity contribution is 5.84. The van der Waals surface area contributed by atoms with Gasteiger partial charge in [0.05, 0.1) is 18.2 Å². The van der Waals surface area contributed by atoms with Gasteiger partial charge in [-0.2, -0.15) is 0 Å². The summed E-state index contributed by atoms with van der Waals surface area (Å²) < 4.78 is 12.0. The highest BCUT2D eigenvalue weighted by Crippen LogP contribution is 2.33. The van der Waals surface area contributed by atoms with Crippen LogP contribution in [0.25, 0.3) is 22.3 Å². The lowest BCUT2D eigenvalue weighted by atomic mass is 10.0. The lowest BCUT2D eigenvalue weighted by molar-refractivity contribution is -0.121. The van der Waals surface area contributed by atoms with Crippen molar-refractivity contribution in [3.05, 3.63) is 94.1 Å². The van der Waals surface area contributed by atoms with Gasteiger partial charge in [0.15, 0.2) is 5.43 Å². The van der Waals surface area contributed by atoms with Gasteiger partial charge in [0, 0.05) is 49.8 Å². The van der Waals surface area contributed by atoms with Crippen LogP contribution >= 0.6 is 0 Å². The molecule has 1 atom stereocenters. The zero-order chi connectivity index (χ0) is 25.9. The number of amides is 1. The van der Waals surface area contributed by atoms with E-state index in [1.165, 1.54) is 6.92 Å². The molecule has 1 aliphatic rings. The molecule has 4 aromatic rings. The molecule has 5 rings (SSSR count). The van der Waals surface area contributed by atoms with E-state index < -0.39 is 6.17 Å². The Morgan fingerprint density at radius 3 is 2.35 bits per heavy atom. The number of carbonyl (C=O) groups excluding carboxylic acids is 1. The van der Waals surface area contributed by atoms with Crippen molar-refractivity contribution in [2.75, 3.05) is 38.2 Å². The summed E-state index contributed by atoms with van der Waals surface area (Å²) in [6, 6.07) is 23.2. The van der Waals surface area contributed by atoms with Gasteiger partial charge >= 0.3 is 0 Å². The molecule has 7 heteroatoms. The van der Waals surface area contributed by atoms with E-state index in [9.17, 15) is 9.59 Å². The molecule has 7 nitrogen and oxygen atoms in total. The Hall–Kier alpha value is -4.10. The SMILES string of the molecule is COc1ccccc1N1CCN(C(NC(C)=O)c2cccc3c(=O)c(C)c(-c4ccccc4)oc23)CC1. The molecule has 0 aliphatic carbocycles. The van der Waals surface area contributed by atoms with Gasteiger partial charge in [-0.05, 0) is 25.1 Å². The van der Waals surface area contributed by atoms with Gasteiger partial charge < -0.3 is 19.4 Å². The fourth-order valence-corrected chi connectivity index (χ4v) is 5.08. The first-order chi connectivity index (χ1) is 18.0. The number of fused-ring (bicyclic) bond motifs is 1. The maximum atomic E-state index is 13.4. The molecule has 0 saturated carbocycles. The second-order valence-electron chi connectivity index (χ2n) is 9.27. The summed E-state index contributed by atoms with van der Waals surface area (Å²) in [7, 11) is 1.68. The molecule has 1 aromatic heterocycles. The number of rotatable bonds is 6. The number of para-hydroxylation sites is 3. The van der Waals surface area contributed by atoms with Crippen molar-refractivity contribution < 1.29 is 13.9 Å². The van der Waals surface area contributed by atoms with Gasteiger partial charge in [-0.15, -0.1) is 0 Å². The van der Waals surface area contributed by atoms with Crippen LogP contribution in [0.15, 0.2) is 82.0 Å². The summed E-state index contributed by atoms with van der Waals surface area (Å²) in [6.45, 7) is 6.25. The summed E-state index contributed by atoms with van der Waals surface area (Å²) >= 11 is 0. The number of nitrogens with zero attached hydrogens (tertiary/aromatic N) is 2. The van der Waals surface area contributed by atoms with Crippen LogP contribution in [-0.2, 0) is 4.79 Å². The smallest absolute Gasteiger partial charge is 0.218 e. The molecule has 1 aliphatic heterocycles. The van der Waals surface area contributed by atoms with E-state index in [0.29, 0.717) is 35.4 Å². The largest absolute Gasteiger partial charge is 0.495 e. The Balaban J connectivity index is 1.53. The topological polar surface area (TPSA) is 75.0 Å². The summed E-state index contributed by atoms with van der Waals surface area (Å²) in [5, 5.41) is 3.62. The molecule has 1 amide bonds. The van der Waals surface area contributed by atoms with Crippen molar-refractivity contribution in [3.8, 4) is 17.1 Å². The van der Waals surface area contributed by atoms with E-state index in [2.05, 4.69) is 21.2 Å². The average Bonchev–Trinajstić information content (AvgIpc) is 2.94. The van der Waals surface area contributed by atoms with E-state index in [1.807, 2.05) is 60.7 Å². The maximum absolute atomic E-state index is 13.4. The minimum Gasteiger partial charge on any atom is -0.495 e. The zero-order valence-corrected chi connectivity index (χ0v) is 21.4. The van der Waals surface area contributed by atoms with Crippen LogP contribution < -0.4 is 20.4 Å². The van der Waals surface area contributed by atoms with E-state index in [0.717, 1.165) is 35.7 Å². The standard InChI is InChI=1S/C30H31N3O4/c1-20-27(35)23-12-9-13-24(29(23)37-28(20)22-10-5-4-6-11-22)30(31-21(2)34)33-18-16-32(17-19-33)25-14-7-8-15-26(25)36-3/h4-15,30H,16-19H2,1-3H3,(H,31,34). The summed E-state index contributed by atoms with van der Waals surface area (Å²) in [5.74, 6) is 1.24. The quantitative estimate of drug-likeness (QED) is 0.415. The van der Waals surface area contributed by atoms with Crippen molar-refractivity contribution in [1.82, 2.24) is 10.2 Å². The normalized spacial score (nSPS) is 14.9. The first kappa shape index (κ1) is 24.6. The minimum atomic E-state index is -0.435. The number of hydrogen-bond acceptors (Lipinski definition) is 6. The fourth-order valence-electron chi connectivity index (χ4n) is 5.08. The molecule has 3 aromatic carbocycles. The fraction of sp³-hybridized carbons (Fsp3) is 0.267. The molecule has 1 unspecified atom stereocenters. The molecule has 1 fully saturated rings. The van der Waals surface area contributed by atoms with Crippen LogP contribution in [0.3, 0.4) is 0 Å². The predicted molar refractivity (Wildman–Crippen MR) is 146 cm³/mol. The Bertz CT molecular complexity index is 1470. The molecule has 37 heavy (non-hydrogen) atoms. The van der Waals surface area contributed by atoms with Crippen molar-refractivity contribution in [1.29, 1.82) is 0 Å². The van der Waals surface area contributed by atoms with Gasteiger partial charge in [0.25, 0.3) is 0 Å². The highest BCUT2D eigenvalue weighted by Gasteiger charge is 2.29. The van der Waals surface area contributed by atoms with Crippen LogP contribution in [0, 0.1) is 6.92 Å². The number of carbonyl (C=O) groups is 1. The maximum Gasteiger partial charge on any atom is 0.218 e. The van der Waals surface area contributed by atoms with Crippen molar-refractivity contribution in [2.24, 2.45) is 0 Å². The van der Waals surface area contributed by atoms with E-state index in [4.69, 9.17) is 9.15 Å². The van der Waals surface area contributed by atoms with Gasteiger partial charge in [-0.1, -0.05) is 54.6 Å². The molecule has 0 radical (unpaired) electrons. The van der Waals surface area contributed by atoms with E-state index in [-0.39, 0.29) is 11.3 Å².